The second-order valence-electron chi connectivity index (χ2n) is 3.27. The molecule has 0 aliphatic heterocycles. The Morgan fingerprint density at radius 2 is 2.16 bits per heavy atom. The van der Waals surface area contributed by atoms with Gasteiger partial charge in [-0.2, -0.15) is 14.0 Å². The molecule has 0 atom stereocenters. The Morgan fingerprint density at radius 3 is 2.63 bits per heavy atom. The molecule has 5 nitrogen and oxygen atoms in total. The van der Waals surface area contributed by atoms with Gasteiger partial charge >= 0.3 is 12.6 Å². The number of hydrogen-bond acceptors (Lipinski definition) is 4. The highest BCUT2D eigenvalue weighted by atomic mass is 19.3. The number of nitriles is 1. The maximum atomic E-state index is 12.2. The molecular weight excluding hydrogens is 260 g/mol. The molecule has 0 fully saturated rings. The molecule has 7 heteroatoms. The van der Waals surface area contributed by atoms with Gasteiger partial charge in [0.2, 0.25) is 0 Å². The molecule has 1 N–H and O–H groups in total. The third kappa shape index (κ3) is 3.89. The molecule has 0 aliphatic rings. The van der Waals surface area contributed by atoms with Gasteiger partial charge in [0.15, 0.2) is 12.0 Å². The van der Waals surface area contributed by atoms with Crippen LogP contribution in [0.5, 0.6) is 5.75 Å². The summed E-state index contributed by atoms with van der Waals surface area (Å²) in [7, 11) is 0. The molecule has 0 heterocycles. The van der Waals surface area contributed by atoms with Crippen LogP contribution in [0.4, 0.5) is 8.78 Å². The minimum atomic E-state index is -3.17. The molecule has 0 saturated carbocycles. The lowest BCUT2D eigenvalue weighted by molar-refractivity contribution is -0.131. The molecule has 0 unspecified atom stereocenters. The molecule has 0 spiro atoms. The quantitative estimate of drug-likeness (QED) is 0.651. The van der Waals surface area contributed by atoms with E-state index in [9.17, 15) is 18.4 Å². The maximum absolute atomic E-state index is 12.2. The van der Waals surface area contributed by atoms with E-state index in [1.807, 2.05) is 0 Å². The van der Waals surface area contributed by atoms with Crippen molar-refractivity contribution in [1.29, 1.82) is 5.26 Å². The third-order valence-electron chi connectivity index (χ3n) is 2.01. The minimum Gasteiger partial charge on any atom is -0.478 e. The van der Waals surface area contributed by atoms with Crippen molar-refractivity contribution >= 4 is 18.3 Å². The van der Waals surface area contributed by atoms with E-state index in [1.165, 1.54) is 0 Å². The summed E-state index contributed by atoms with van der Waals surface area (Å²) in [6, 6.07) is 3.89. The molecular formula is C12H7F2NO4. The minimum absolute atomic E-state index is 0.211. The number of carbonyl (C=O) groups excluding carboxylic acids is 1. The van der Waals surface area contributed by atoms with E-state index in [1.54, 1.807) is 6.07 Å². The van der Waals surface area contributed by atoms with Gasteiger partial charge in [-0.15, -0.1) is 0 Å². The zero-order valence-corrected chi connectivity index (χ0v) is 9.34. The van der Waals surface area contributed by atoms with Crippen molar-refractivity contribution in [3.05, 3.63) is 34.9 Å². The number of benzene rings is 1. The number of ether oxygens (including phenoxy) is 1. The summed E-state index contributed by atoms with van der Waals surface area (Å²) in [5.41, 5.74) is -0.331. The normalized spacial score (nSPS) is 10.4. The Morgan fingerprint density at radius 1 is 1.47 bits per heavy atom. The molecule has 0 amide bonds. The molecule has 0 aromatic heterocycles. The standard InChI is InChI=1S/C12H7F2NO4/c13-12(14)19-11-8(5-15)3-7(1-2-10(17)18)4-9(11)6-16/h1-4,6,12H,(H,17,18)/b2-1+. The molecule has 0 radical (unpaired) electrons. The van der Waals surface area contributed by atoms with Crippen LogP contribution in [0.3, 0.4) is 0 Å². The number of carbonyl (C=O) groups is 2. The van der Waals surface area contributed by atoms with Crippen LogP contribution < -0.4 is 4.74 Å². The molecule has 0 bridgehead atoms. The summed E-state index contributed by atoms with van der Waals surface area (Å²) >= 11 is 0. The van der Waals surface area contributed by atoms with E-state index in [4.69, 9.17) is 10.4 Å². The second-order valence-corrected chi connectivity index (χ2v) is 3.27. The van der Waals surface area contributed by atoms with E-state index in [2.05, 4.69) is 4.74 Å². The van der Waals surface area contributed by atoms with Crippen LogP contribution in [0, 0.1) is 11.3 Å². The lowest BCUT2D eigenvalue weighted by Crippen LogP contribution is -2.06. The average Bonchev–Trinajstić information content (AvgIpc) is 2.36. The first-order valence-corrected chi connectivity index (χ1v) is 4.87. The van der Waals surface area contributed by atoms with Gasteiger partial charge in [-0.1, -0.05) is 0 Å². The Kier molecular flexibility index (Phi) is 4.71. The smallest absolute Gasteiger partial charge is 0.387 e. The van der Waals surface area contributed by atoms with Crippen LogP contribution in [0.15, 0.2) is 18.2 Å². The van der Waals surface area contributed by atoms with Crippen LogP contribution in [0.2, 0.25) is 0 Å². The largest absolute Gasteiger partial charge is 0.478 e. The number of aliphatic carboxylic acids is 1. The van der Waals surface area contributed by atoms with Crippen molar-refractivity contribution in [2.75, 3.05) is 0 Å². The van der Waals surface area contributed by atoms with Crippen LogP contribution >= 0.6 is 0 Å². The summed E-state index contributed by atoms with van der Waals surface area (Å²) in [6.45, 7) is -3.17. The van der Waals surface area contributed by atoms with Crippen molar-refractivity contribution in [3.8, 4) is 11.8 Å². The van der Waals surface area contributed by atoms with E-state index in [-0.39, 0.29) is 23.0 Å². The highest BCUT2D eigenvalue weighted by molar-refractivity contribution is 5.87. The van der Waals surface area contributed by atoms with Gasteiger partial charge < -0.3 is 9.84 Å². The van der Waals surface area contributed by atoms with Crippen molar-refractivity contribution < 1.29 is 28.2 Å². The molecule has 0 aliphatic carbocycles. The molecule has 1 aromatic rings. The van der Waals surface area contributed by atoms with Gasteiger partial charge in [0.1, 0.15) is 6.07 Å². The van der Waals surface area contributed by atoms with E-state index >= 15 is 0 Å². The van der Waals surface area contributed by atoms with E-state index in [0.29, 0.717) is 0 Å². The number of rotatable bonds is 5. The first kappa shape index (κ1) is 14.3. The summed E-state index contributed by atoms with van der Waals surface area (Å²) in [5.74, 6) is -1.75. The first-order valence-electron chi connectivity index (χ1n) is 4.87. The number of carboxylic acid groups (broad SMARTS) is 1. The Labute approximate surface area is 106 Å². The third-order valence-corrected chi connectivity index (χ3v) is 2.01. The second kappa shape index (κ2) is 6.26. The fourth-order valence-corrected chi connectivity index (χ4v) is 1.33. The van der Waals surface area contributed by atoms with E-state index in [0.717, 1.165) is 24.3 Å². The zero-order chi connectivity index (χ0) is 14.4. The van der Waals surface area contributed by atoms with Gasteiger partial charge in [0.05, 0.1) is 11.1 Å². The van der Waals surface area contributed by atoms with Gasteiger partial charge in [0, 0.05) is 6.08 Å². The van der Waals surface area contributed by atoms with Gasteiger partial charge in [-0.3, -0.25) is 4.79 Å². The number of alkyl halides is 2. The fourth-order valence-electron chi connectivity index (χ4n) is 1.33. The summed E-state index contributed by atoms with van der Waals surface area (Å²) < 4.78 is 28.4. The van der Waals surface area contributed by atoms with Gasteiger partial charge in [-0.05, 0) is 23.8 Å². The van der Waals surface area contributed by atoms with Gasteiger partial charge in [-0.25, -0.2) is 4.79 Å². The fraction of sp³-hybridized carbons (Fsp3) is 0.0833. The van der Waals surface area contributed by atoms with Crippen LogP contribution in [-0.2, 0) is 4.79 Å². The number of hydrogen-bond donors (Lipinski definition) is 1. The van der Waals surface area contributed by atoms with Crippen molar-refractivity contribution in [1.82, 2.24) is 0 Å². The molecule has 1 rings (SSSR count). The molecule has 98 valence electrons. The predicted molar refractivity (Wildman–Crippen MR) is 59.8 cm³/mol. The highest BCUT2D eigenvalue weighted by Crippen LogP contribution is 2.26. The Bertz CT molecular complexity index is 576. The van der Waals surface area contributed by atoms with E-state index < -0.39 is 18.3 Å². The lowest BCUT2D eigenvalue weighted by Gasteiger charge is -2.09. The SMILES string of the molecule is N#Cc1cc(/C=C/C(=O)O)cc(C=O)c1OC(F)F. The summed E-state index contributed by atoms with van der Waals surface area (Å²) in [5, 5.41) is 17.3. The summed E-state index contributed by atoms with van der Waals surface area (Å²) in [6.07, 6.45) is 2.16. The highest BCUT2D eigenvalue weighted by Gasteiger charge is 2.15. The number of carboxylic acids is 1. The first-order chi connectivity index (χ1) is 8.97. The van der Waals surface area contributed by atoms with Crippen LogP contribution in [0.1, 0.15) is 21.5 Å². The number of nitrogens with zero attached hydrogens (tertiary/aromatic N) is 1. The summed E-state index contributed by atoms with van der Waals surface area (Å²) in [4.78, 5) is 21.1. The lowest BCUT2D eigenvalue weighted by atomic mass is 10.0. The number of halogens is 2. The van der Waals surface area contributed by atoms with Crippen molar-refractivity contribution in [2.24, 2.45) is 0 Å². The van der Waals surface area contributed by atoms with Crippen LogP contribution in [0.25, 0.3) is 6.08 Å². The van der Waals surface area contributed by atoms with Gasteiger partial charge in [0.25, 0.3) is 0 Å². The predicted octanol–water partition coefficient (Wildman–Crippen LogP) is 2.07. The van der Waals surface area contributed by atoms with Crippen molar-refractivity contribution in [3.63, 3.8) is 0 Å². The molecule has 19 heavy (non-hydrogen) atoms. The average molecular weight is 267 g/mol. The monoisotopic (exact) mass is 267 g/mol. The topological polar surface area (TPSA) is 87.4 Å². The Balaban J connectivity index is 3.32. The zero-order valence-electron chi connectivity index (χ0n) is 9.34. The Hall–Kier alpha value is -2.75. The van der Waals surface area contributed by atoms with Crippen LogP contribution in [-0.4, -0.2) is 24.0 Å². The molecule has 0 saturated heterocycles. The van der Waals surface area contributed by atoms with Crippen molar-refractivity contribution in [2.45, 2.75) is 6.61 Å². The molecule has 1 aromatic carbocycles. The number of aldehydes is 1. The maximum Gasteiger partial charge on any atom is 0.387 e.